The Labute approximate surface area is 247 Å². The summed E-state index contributed by atoms with van der Waals surface area (Å²) in [5.74, 6) is 1.80. The fourth-order valence-corrected chi connectivity index (χ4v) is 5.85. The van der Waals surface area contributed by atoms with E-state index in [0.29, 0.717) is 24.5 Å². The first-order chi connectivity index (χ1) is 19.9. The van der Waals surface area contributed by atoms with Gasteiger partial charge in [-0.2, -0.15) is 5.10 Å². The van der Waals surface area contributed by atoms with Gasteiger partial charge in [-0.05, 0) is 48.4 Å². The van der Waals surface area contributed by atoms with Gasteiger partial charge in [0, 0.05) is 42.4 Å². The number of nitrogens with zero attached hydrogens (tertiary/aromatic N) is 4. The number of fused-ring (bicyclic) bond motifs is 1. The molecule has 2 aromatic carbocycles. The van der Waals surface area contributed by atoms with Gasteiger partial charge in [0.1, 0.15) is 28.7 Å². The van der Waals surface area contributed by atoms with Gasteiger partial charge < -0.3 is 20.5 Å². The third-order valence-corrected chi connectivity index (χ3v) is 8.04. The Hall–Kier alpha value is -4.25. The Morgan fingerprint density at radius 2 is 1.90 bits per heavy atom. The molecule has 3 aromatic heterocycles. The van der Waals surface area contributed by atoms with E-state index in [1.807, 2.05) is 60.1 Å². The van der Waals surface area contributed by atoms with E-state index in [0.717, 1.165) is 66.9 Å². The highest BCUT2D eigenvalue weighted by molar-refractivity contribution is 7.17. The lowest BCUT2D eigenvalue weighted by Crippen LogP contribution is -2.14. The average Bonchev–Trinajstić information content (AvgIpc) is 3.53. The number of aliphatic imine (C=N–C) groups is 1. The number of aromatic nitrogens is 3. The number of pyridine rings is 1. The molecule has 0 atom stereocenters. The first kappa shape index (κ1) is 28.3. The van der Waals surface area contributed by atoms with Crippen molar-refractivity contribution < 1.29 is 9.47 Å². The van der Waals surface area contributed by atoms with Gasteiger partial charge in [-0.15, -0.1) is 11.3 Å². The molecule has 0 aliphatic carbocycles. The minimum atomic E-state index is 0.265. The maximum Gasteiger partial charge on any atom is 0.144 e. The number of halogens is 1. The lowest BCUT2D eigenvalue weighted by Gasteiger charge is -2.11. The van der Waals surface area contributed by atoms with Gasteiger partial charge in [0.25, 0.3) is 0 Å². The van der Waals surface area contributed by atoms with Crippen molar-refractivity contribution in [3.63, 3.8) is 0 Å². The van der Waals surface area contributed by atoms with Crippen LogP contribution in [0.2, 0.25) is 5.02 Å². The van der Waals surface area contributed by atoms with E-state index in [4.69, 9.17) is 42.3 Å². The van der Waals surface area contributed by atoms with Gasteiger partial charge in [-0.1, -0.05) is 29.8 Å². The molecule has 5 rings (SSSR count). The smallest absolute Gasteiger partial charge is 0.144 e. The highest BCUT2D eigenvalue weighted by Crippen LogP contribution is 2.35. The van der Waals surface area contributed by atoms with Crippen molar-refractivity contribution >= 4 is 40.6 Å². The molecule has 0 bridgehead atoms. The van der Waals surface area contributed by atoms with Crippen LogP contribution in [0.1, 0.15) is 33.0 Å². The predicted octanol–water partition coefficient (Wildman–Crippen LogP) is 5.63. The van der Waals surface area contributed by atoms with E-state index < -0.39 is 0 Å². The number of hydrogen-bond donors (Lipinski definition) is 3. The zero-order valence-electron chi connectivity index (χ0n) is 22.9. The van der Waals surface area contributed by atoms with Crippen molar-refractivity contribution in [2.45, 2.75) is 26.4 Å². The van der Waals surface area contributed by atoms with Crippen LogP contribution < -0.4 is 20.5 Å². The number of nitrogens with two attached hydrogens (primary N) is 1. The quantitative estimate of drug-likeness (QED) is 0.136. The topological polar surface area (TPSA) is 123 Å². The molecule has 4 N–H and O–H groups in total. The van der Waals surface area contributed by atoms with Crippen molar-refractivity contribution in [1.29, 1.82) is 5.41 Å². The van der Waals surface area contributed by atoms with Crippen LogP contribution in [-0.4, -0.2) is 41.0 Å². The normalized spacial score (nSPS) is 11.7. The SMILES string of the molecule is COc1ccc(CNCc2ccn3nc(C)c(-c4nc(Cc5ccc(Cl)cc5)c(C(N)=NC=N)s4)c3c2)c(OC)c1. The van der Waals surface area contributed by atoms with Crippen molar-refractivity contribution in [3.8, 4) is 22.1 Å². The summed E-state index contributed by atoms with van der Waals surface area (Å²) < 4.78 is 12.7. The average molecular weight is 588 g/mol. The molecule has 41 heavy (non-hydrogen) atoms. The van der Waals surface area contributed by atoms with Crippen molar-refractivity contribution in [2.75, 3.05) is 14.2 Å². The molecule has 0 saturated heterocycles. The Bertz CT molecular complexity index is 1730. The molecule has 9 nitrogen and oxygen atoms in total. The molecule has 0 aliphatic heterocycles. The maximum atomic E-state index is 7.41. The Morgan fingerprint density at radius 1 is 1.10 bits per heavy atom. The summed E-state index contributed by atoms with van der Waals surface area (Å²) in [4.78, 5) is 9.77. The zero-order valence-corrected chi connectivity index (χ0v) is 24.5. The van der Waals surface area contributed by atoms with Crippen LogP contribution in [0, 0.1) is 12.3 Å². The molecule has 0 spiro atoms. The molecule has 0 radical (unpaired) electrons. The van der Waals surface area contributed by atoms with Gasteiger partial charge in [-0.25, -0.2) is 14.5 Å². The van der Waals surface area contributed by atoms with E-state index in [-0.39, 0.29) is 5.84 Å². The number of hydrogen-bond acceptors (Lipinski definition) is 7. The zero-order chi connectivity index (χ0) is 28.9. The third-order valence-electron chi connectivity index (χ3n) is 6.65. The van der Waals surface area contributed by atoms with Crippen molar-refractivity contribution in [1.82, 2.24) is 19.9 Å². The number of ether oxygens (including phenoxy) is 2. The van der Waals surface area contributed by atoms with Crippen LogP contribution in [0.3, 0.4) is 0 Å². The molecule has 11 heteroatoms. The van der Waals surface area contributed by atoms with Crippen molar-refractivity contribution in [3.05, 3.63) is 98.8 Å². The lowest BCUT2D eigenvalue weighted by molar-refractivity contribution is 0.390. The van der Waals surface area contributed by atoms with Crippen LogP contribution in [0.15, 0.2) is 65.8 Å². The monoisotopic (exact) mass is 587 g/mol. The largest absolute Gasteiger partial charge is 0.497 e. The number of benzene rings is 2. The summed E-state index contributed by atoms with van der Waals surface area (Å²) in [6, 6.07) is 17.6. The summed E-state index contributed by atoms with van der Waals surface area (Å²) in [6.07, 6.45) is 3.46. The molecule has 0 fully saturated rings. The van der Waals surface area contributed by atoms with Crippen LogP contribution in [-0.2, 0) is 19.5 Å². The number of methoxy groups -OCH3 is 2. The Balaban J connectivity index is 1.44. The van der Waals surface area contributed by atoms with E-state index in [9.17, 15) is 0 Å². The van der Waals surface area contributed by atoms with Gasteiger partial charge in [-0.3, -0.25) is 5.41 Å². The van der Waals surface area contributed by atoms with Crippen LogP contribution >= 0.6 is 22.9 Å². The maximum absolute atomic E-state index is 7.41. The van der Waals surface area contributed by atoms with E-state index in [2.05, 4.69) is 22.4 Å². The van der Waals surface area contributed by atoms with Gasteiger partial charge >= 0.3 is 0 Å². The summed E-state index contributed by atoms with van der Waals surface area (Å²) in [7, 11) is 3.30. The second-order valence-electron chi connectivity index (χ2n) is 9.35. The standard InChI is InChI=1S/C30H30ClN7O2S/c1-18-27(30-36-24(28(41-30)29(33)35-17-32)12-19-4-7-22(31)8-5-19)25-13-20(10-11-38(25)37-18)15-34-16-21-6-9-23(39-2)14-26(21)40-3/h4-11,13-14,17,34H,12,15-16H2,1-3H3,(H3,32,33,35). The third kappa shape index (κ3) is 6.25. The van der Waals surface area contributed by atoms with Gasteiger partial charge in [0.05, 0.1) is 41.6 Å². The second-order valence-corrected chi connectivity index (χ2v) is 10.8. The summed E-state index contributed by atoms with van der Waals surface area (Å²) in [5.41, 5.74) is 13.0. The van der Waals surface area contributed by atoms with Gasteiger partial charge in [0.2, 0.25) is 0 Å². The molecule has 5 aromatic rings. The minimum Gasteiger partial charge on any atom is -0.497 e. The fraction of sp³-hybridized carbons (Fsp3) is 0.200. The Kier molecular flexibility index (Phi) is 8.63. The molecule has 0 unspecified atom stereocenters. The van der Waals surface area contributed by atoms with Crippen LogP contribution in [0.4, 0.5) is 0 Å². The highest BCUT2D eigenvalue weighted by atomic mass is 35.5. The number of rotatable bonds is 11. The lowest BCUT2D eigenvalue weighted by atomic mass is 10.1. The van der Waals surface area contributed by atoms with Crippen LogP contribution in [0.25, 0.3) is 16.1 Å². The molecule has 0 aliphatic rings. The van der Waals surface area contributed by atoms with E-state index in [1.54, 1.807) is 14.2 Å². The minimum absolute atomic E-state index is 0.265. The number of amidine groups is 1. The fourth-order valence-electron chi connectivity index (χ4n) is 4.62. The molecular weight excluding hydrogens is 558 g/mol. The molecule has 0 amide bonds. The Morgan fingerprint density at radius 3 is 2.63 bits per heavy atom. The first-order valence-electron chi connectivity index (χ1n) is 12.9. The number of thiazole rings is 1. The molecular formula is C30H30ClN7O2S. The molecule has 3 heterocycles. The predicted molar refractivity (Wildman–Crippen MR) is 165 cm³/mol. The molecule has 210 valence electrons. The summed E-state index contributed by atoms with van der Waals surface area (Å²) in [5, 5.41) is 17.1. The summed E-state index contributed by atoms with van der Waals surface area (Å²) >= 11 is 7.54. The molecule has 0 saturated carbocycles. The van der Waals surface area contributed by atoms with E-state index >= 15 is 0 Å². The first-order valence-corrected chi connectivity index (χ1v) is 14.1. The van der Waals surface area contributed by atoms with E-state index in [1.165, 1.54) is 11.3 Å². The highest BCUT2D eigenvalue weighted by Gasteiger charge is 2.21. The van der Waals surface area contributed by atoms with Crippen LogP contribution in [0.5, 0.6) is 11.5 Å². The summed E-state index contributed by atoms with van der Waals surface area (Å²) in [6.45, 7) is 3.27. The number of aryl methyl sites for hydroxylation is 1. The van der Waals surface area contributed by atoms with Gasteiger partial charge in [0.15, 0.2) is 0 Å². The van der Waals surface area contributed by atoms with Crippen molar-refractivity contribution in [2.24, 2.45) is 10.7 Å². The number of nitrogens with one attached hydrogen (secondary N) is 2. The second kappa shape index (κ2) is 12.5.